The Morgan fingerprint density at radius 1 is 1.25 bits per heavy atom. The van der Waals surface area contributed by atoms with Crippen molar-refractivity contribution in [2.24, 2.45) is 0 Å². The molecule has 0 saturated heterocycles. The van der Waals surface area contributed by atoms with E-state index in [2.05, 4.69) is 26.5 Å². The zero-order valence-electron chi connectivity index (χ0n) is 10.3. The quantitative estimate of drug-likeness (QED) is 0.793. The predicted octanol–water partition coefficient (Wildman–Crippen LogP) is 1.74. The summed E-state index contributed by atoms with van der Waals surface area (Å²) in [6.07, 6.45) is -0.407. The van der Waals surface area contributed by atoms with Gasteiger partial charge < -0.3 is 10.1 Å². The highest BCUT2D eigenvalue weighted by Crippen LogP contribution is 2.17. The molecule has 0 aliphatic heterocycles. The number of benzene rings is 1. The molecule has 1 N–H and O–H groups in total. The first kappa shape index (κ1) is 12.5. The van der Waals surface area contributed by atoms with E-state index in [0.717, 1.165) is 10.0 Å². The highest BCUT2D eigenvalue weighted by Gasteiger charge is 2.11. The highest BCUT2D eigenvalue weighted by molar-refractivity contribution is 5.66. The topological polar surface area (TPSA) is 38.3 Å². The van der Waals surface area contributed by atoms with Crippen LogP contribution in [0.25, 0.3) is 0 Å². The first-order chi connectivity index (χ1) is 7.43. The van der Waals surface area contributed by atoms with Gasteiger partial charge in [0.25, 0.3) is 0 Å². The molecule has 0 atom stereocenters. The first-order valence-corrected chi connectivity index (χ1v) is 5.19. The SMILES string of the molecule is CNC(=O)OCc1ccc([N+](C)(C)C)cc1. The minimum Gasteiger partial charge on any atom is -0.445 e. The van der Waals surface area contributed by atoms with Gasteiger partial charge in [-0.05, 0) is 29.8 Å². The number of hydrogen-bond donors (Lipinski definition) is 1. The maximum atomic E-state index is 10.9. The fourth-order valence-corrected chi connectivity index (χ4v) is 1.26. The minimum atomic E-state index is -0.407. The van der Waals surface area contributed by atoms with Crippen LogP contribution in [0.2, 0.25) is 0 Å². The van der Waals surface area contributed by atoms with E-state index in [0.29, 0.717) is 6.61 Å². The Bertz CT molecular complexity index is 352. The summed E-state index contributed by atoms with van der Waals surface area (Å²) in [5, 5.41) is 2.41. The van der Waals surface area contributed by atoms with Crippen LogP contribution < -0.4 is 9.80 Å². The molecule has 0 fully saturated rings. The highest BCUT2D eigenvalue weighted by atomic mass is 16.5. The maximum Gasteiger partial charge on any atom is 0.407 e. The van der Waals surface area contributed by atoms with Crippen LogP contribution in [-0.4, -0.2) is 34.3 Å². The van der Waals surface area contributed by atoms with Crippen LogP contribution in [0.15, 0.2) is 24.3 Å². The summed E-state index contributed by atoms with van der Waals surface area (Å²) in [7, 11) is 7.87. The van der Waals surface area contributed by atoms with Crippen molar-refractivity contribution in [1.82, 2.24) is 9.80 Å². The van der Waals surface area contributed by atoms with Gasteiger partial charge in [-0.3, -0.25) is 4.48 Å². The van der Waals surface area contributed by atoms with E-state index in [-0.39, 0.29) is 0 Å². The van der Waals surface area contributed by atoms with Crippen molar-refractivity contribution in [3.8, 4) is 0 Å². The van der Waals surface area contributed by atoms with Gasteiger partial charge in [0.05, 0.1) is 21.1 Å². The number of carbonyl (C=O) groups excluding carboxylic acids is 1. The van der Waals surface area contributed by atoms with Gasteiger partial charge in [0.1, 0.15) is 12.3 Å². The van der Waals surface area contributed by atoms with Crippen molar-refractivity contribution in [2.45, 2.75) is 6.61 Å². The van der Waals surface area contributed by atoms with E-state index in [9.17, 15) is 4.79 Å². The standard InChI is InChI=1S/C12H18N2O2/c1-13-12(15)16-9-10-5-7-11(8-6-10)14(2,3)4/h5-8H,9H2,1-4H3/p+1. The Labute approximate surface area is 96.4 Å². The van der Waals surface area contributed by atoms with Crippen LogP contribution in [0.5, 0.6) is 0 Å². The molecule has 4 nitrogen and oxygen atoms in total. The number of hydrogen-bond acceptors (Lipinski definition) is 2. The third kappa shape index (κ3) is 3.55. The zero-order chi connectivity index (χ0) is 12.2. The van der Waals surface area contributed by atoms with Crippen molar-refractivity contribution >= 4 is 11.8 Å². The zero-order valence-corrected chi connectivity index (χ0v) is 10.3. The van der Waals surface area contributed by atoms with Gasteiger partial charge >= 0.3 is 6.09 Å². The number of quaternary nitrogens is 1. The summed E-state index contributed by atoms with van der Waals surface area (Å²) in [5.74, 6) is 0. The van der Waals surface area contributed by atoms with Crippen LogP contribution >= 0.6 is 0 Å². The van der Waals surface area contributed by atoms with Crippen molar-refractivity contribution in [3.63, 3.8) is 0 Å². The van der Waals surface area contributed by atoms with Crippen LogP contribution in [0, 0.1) is 0 Å². The van der Waals surface area contributed by atoms with E-state index < -0.39 is 6.09 Å². The van der Waals surface area contributed by atoms with Gasteiger partial charge in [-0.25, -0.2) is 4.79 Å². The average molecular weight is 223 g/mol. The molecule has 0 saturated carbocycles. The molecule has 4 heteroatoms. The summed E-state index contributed by atoms with van der Waals surface area (Å²) in [5.41, 5.74) is 2.20. The fourth-order valence-electron chi connectivity index (χ4n) is 1.26. The Kier molecular flexibility index (Phi) is 3.90. The largest absolute Gasteiger partial charge is 0.445 e. The summed E-state index contributed by atoms with van der Waals surface area (Å²) in [6.45, 7) is 0.303. The van der Waals surface area contributed by atoms with E-state index in [1.165, 1.54) is 5.69 Å². The van der Waals surface area contributed by atoms with Gasteiger partial charge in [0, 0.05) is 7.05 Å². The Morgan fingerprint density at radius 3 is 2.25 bits per heavy atom. The van der Waals surface area contributed by atoms with E-state index >= 15 is 0 Å². The molecule has 0 unspecified atom stereocenters. The molecule has 0 aromatic heterocycles. The first-order valence-electron chi connectivity index (χ1n) is 5.19. The molecule has 16 heavy (non-hydrogen) atoms. The molecule has 1 aromatic rings. The molecule has 1 rings (SSSR count). The van der Waals surface area contributed by atoms with Crippen molar-refractivity contribution in [2.75, 3.05) is 28.2 Å². The summed E-state index contributed by atoms with van der Waals surface area (Å²) in [4.78, 5) is 10.9. The molecule has 1 amide bonds. The van der Waals surface area contributed by atoms with Gasteiger partial charge in [0.15, 0.2) is 0 Å². The summed E-state index contributed by atoms with van der Waals surface area (Å²) >= 11 is 0. The predicted molar refractivity (Wildman–Crippen MR) is 65.3 cm³/mol. The van der Waals surface area contributed by atoms with E-state index in [4.69, 9.17) is 4.74 Å². The molecule has 0 radical (unpaired) electrons. The normalized spacial score (nSPS) is 11.0. The fraction of sp³-hybridized carbons (Fsp3) is 0.417. The van der Waals surface area contributed by atoms with Gasteiger partial charge in [-0.2, -0.15) is 0 Å². The lowest BCUT2D eigenvalue weighted by molar-refractivity contribution is 0.142. The third-order valence-electron chi connectivity index (χ3n) is 2.28. The molecule has 0 bridgehead atoms. The number of ether oxygens (including phenoxy) is 1. The van der Waals surface area contributed by atoms with Crippen LogP contribution in [0.4, 0.5) is 10.5 Å². The number of alkyl carbamates (subject to hydrolysis) is 1. The van der Waals surface area contributed by atoms with Crippen molar-refractivity contribution in [3.05, 3.63) is 29.8 Å². The van der Waals surface area contributed by atoms with Gasteiger partial charge in [0.2, 0.25) is 0 Å². The van der Waals surface area contributed by atoms with Crippen molar-refractivity contribution < 1.29 is 9.53 Å². The molecular weight excluding hydrogens is 204 g/mol. The molecule has 1 aromatic carbocycles. The monoisotopic (exact) mass is 223 g/mol. The molecule has 0 aliphatic carbocycles. The van der Waals surface area contributed by atoms with Crippen LogP contribution in [0.3, 0.4) is 0 Å². The second kappa shape index (κ2) is 4.99. The lowest BCUT2D eigenvalue weighted by Crippen LogP contribution is -2.34. The number of carbonyl (C=O) groups is 1. The lowest BCUT2D eigenvalue weighted by Gasteiger charge is -2.23. The van der Waals surface area contributed by atoms with E-state index in [1.807, 2.05) is 24.3 Å². The maximum absolute atomic E-state index is 10.9. The average Bonchev–Trinajstić information content (AvgIpc) is 2.25. The molecule has 0 heterocycles. The van der Waals surface area contributed by atoms with Crippen LogP contribution in [0.1, 0.15) is 5.56 Å². The van der Waals surface area contributed by atoms with Gasteiger partial charge in [-0.15, -0.1) is 0 Å². The summed E-state index contributed by atoms with van der Waals surface area (Å²) < 4.78 is 5.72. The smallest absolute Gasteiger partial charge is 0.407 e. The molecule has 0 aliphatic rings. The van der Waals surface area contributed by atoms with Gasteiger partial charge in [-0.1, -0.05) is 0 Å². The number of rotatable bonds is 3. The second-order valence-electron chi connectivity index (χ2n) is 4.51. The van der Waals surface area contributed by atoms with Crippen LogP contribution in [-0.2, 0) is 11.3 Å². The molecule has 0 spiro atoms. The second-order valence-corrected chi connectivity index (χ2v) is 4.51. The Morgan fingerprint density at radius 2 is 1.81 bits per heavy atom. The minimum absolute atomic E-state index is 0.303. The Hall–Kier alpha value is -1.55. The third-order valence-corrected chi connectivity index (χ3v) is 2.28. The number of nitrogens with one attached hydrogen (secondary N) is 1. The number of amides is 1. The molecular formula is C12H19N2O2+. The Balaban J connectivity index is 2.62. The summed E-state index contributed by atoms with van der Waals surface area (Å²) in [6, 6.07) is 8.04. The van der Waals surface area contributed by atoms with Crippen molar-refractivity contribution in [1.29, 1.82) is 0 Å². The molecule has 88 valence electrons. The van der Waals surface area contributed by atoms with E-state index in [1.54, 1.807) is 7.05 Å². The number of nitrogens with zero attached hydrogens (tertiary/aromatic N) is 1. The lowest BCUT2D eigenvalue weighted by atomic mass is 10.2.